The van der Waals surface area contributed by atoms with Gasteiger partial charge in [0.2, 0.25) is 5.95 Å². The fourth-order valence-electron chi connectivity index (χ4n) is 7.28. The lowest BCUT2D eigenvalue weighted by Gasteiger charge is -2.33. The zero-order valence-electron chi connectivity index (χ0n) is 32.5. The third kappa shape index (κ3) is 9.22. The fourth-order valence-corrected chi connectivity index (χ4v) is 7.49. The minimum absolute atomic E-state index is 0.161. The summed E-state index contributed by atoms with van der Waals surface area (Å²) < 4.78 is 10.5. The van der Waals surface area contributed by atoms with Gasteiger partial charge in [-0.2, -0.15) is 5.10 Å². The molecule has 3 N–H and O–H groups in total. The van der Waals surface area contributed by atoms with Crippen molar-refractivity contribution >= 4 is 41.5 Å². The van der Waals surface area contributed by atoms with Crippen LogP contribution in [0, 0.1) is 0 Å². The Kier molecular flexibility index (Phi) is 12.3. The number of rotatable bonds is 9. The number of halogens is 1. The first-order valence-corrected chi connectivity index (χ1v) is 19.3. The first kappa shape index (κ1) is 39.6. The van der Waals surface area contributed by atoms with E-state index in [0.29, 0.717) is 11.9 Å². The van der Waals surface area contributed by atoms with Gasteiger partial charge in [-0.15, -0.1) is 10.2 Å². The highest BCUT2D eigenvalue weighted by atomic mass is 35.5. The molecular formula is C41H52ClN9O4. The van der Waals surface area contributed by atoms with Crippen LogP contribution in [-0.4, -0.2) is 80.1 Å². The summed E-state index contributed by atoms with van der Waals surface area (Å²) in [5.74, 6) is 2.22. The summed E-state index contributed by atoms with van der Waals surface area (Å²) in [7, 11) is 4.09. The predicted molar refractivity (Wildman–Crippen MR) is 216 cm³/mol. The average molecular weight is 770 g/mol. The van der Waals surface area contributed by atoms with Gasteiger partial charge in [0.25, 0.3) is 6.47 Å². The Bertz CT molecular complexity index is 2110. The van der Waals surface area contributed by atoms with Gasteiger partial charge < -0.3 is 25.0 Å². The molecule has 2 aromatic carbocycles. The summed E-state index contributed by atoms with van der Waals surface area (Å²) in [6.07, 6.45) is 7.66. The number of carboxylic acid groups (broad SMARTS) is 1. The van der Waals surface area contributed by atoms with E-state index in [2.05, 4.69) is 76.5 Å². The highest BCUT2D eigenvalue weighted by Gasteiger charge is 2.31. The van der Waals surface area contributed by atoms with Crippen molar-refractivity contribution in [3.05, 3.63) is 94.3 Å². The summed E-state index contributed by atoms with van der Waals surface area (Å²) in [5.41, 5.74) is 5.45. The number of anilines is 2. The third-order valence-corrected chi connectivity index (χ3v) is 10.6. The van der Waals surface area contributed by atoms with Gasteiger partial charge in [0.1, 0.15) is 17.7 Å². The average Bonchev–Trinajstić information content (AvgIpc) is 3.77. The van der Waals surface area contributed by atoms with Crippen molar-refractivity contribution in [3.8, 4) is 11.4 Å². The number of piperidine rings is 1. The number of aromatic nitrogens is 5. The first-order chi connectivity index (χ1) is 26.4. The monoisotopic (exact) mass is 769 g/mol. The predicted octanol–water partition coefficient (Wildman–Crippen LogP) is 7.83. The van der Waals surface area contributed by atoms with Gasteiger partial charge in [-0.1, -0.05) is 56.6 Å². The standard InChI is InChI=1S/C40H50ClN9O2.CH2O2/c1-26-11-9-10-21-48(26)39-45-44-36-19-15-29(25-49(36)39)52-34-18-17-33(30-12-7-8-13-31(30)34)42-38(51)43-37-24-35(40(2,3)4)46-50(37)28-14-16-32(41)27(23-28)20-22-47(5)6;2-1-3/h7-8,12-16,19,23-26,33-34H,9-11,17-18,20-22H2,1-6H3,(H2,42,43,51);1H,(H,2,3)/t26-,33-,34+;/m0./s1. The van der Waals surface area contributed by atoms with Gasteiger partial charge in [0.05, 0.1) is 23.6 Å². The SMILES string of the molecule is C[C@H]1CCCCN1c1nnc2ccc(O[C@@H]3CC[C@H](NC(=O)Nc4cc(C(C)(C)C)nn4-c4ccc(Cl)c(CCN(C)C)c4)c4ccccc43)cn12.O=CO. The molecule has 3 atom stereocenters. The van der Waals surface area contributed by atoms with E-state index in [-0.39, 0.29) is 30.1 Å². The minimum Gasteiger partial charge on any atom is -0.484 e. The molecule has 2 amide bonds. The van der Waals surface area contributed by atoms with Crippen LogP contribution in [0.25, 0.3) is 11.3 Å². The molecule has 1 saturated heterocycles. The number of carbonyl (C=O) groups is 2. The van der Waals surface area contributed by atoms with Crippen molar-refractivity contribution in [3.63, 3.8) is 0 Å². The highest BCUT2D eigenvalue weighted by Crippen LogP contribution is 2.39. The van der Waals surface area contributed by atoms with Gasteiger partial charge in [0, 0.05) is 35.6 Å². The van der Waals surface area contributed by atoms with E-state index >= 15 is 0 Å². The van der Waals surface area contributed by atoms with Crippen molar-refractivity contribution < 1.29 is 19.4 Å². The van der Waals surface area contributed by atoms with Crippen LogP contribution in [0.3, 0.4) is 0 Å². The molecule has 5 aromatic rings. The molecule has 1 fully saturated rings. The molecule has 3 aromatic heterocycles. The Labute approximate surface area is 327 Å². The lowest BCUT2D eigenvalue weighted by molar-refractivity contribution is -0.122. The lowest BCUT2D eigenvalue weighted by atomic mass is 9.85. The molecule has 0 spiro atoms. The van der Waals surface area contributed by atoms with Gasteiger partial charge in [0.15, 0.2) is 5.65 Å². The third-order valence-electron chi connectivity index (χ3n) is 10.3. The Morgan fingerprint density at radius 3 is 2.53 bits per heavy atom. The topological polar surface area (TPSA) is 142 Å². The number of benzene rings is 2. The molecule has 0 unspecified atom stereocenters. The van der Waals surface area contributed by atoms with Crippen LogP contribution in [0.1, 0.15) is 94.3 Å². The van der Waals surface area contributed by atoms with Crippen LogP contribution in [0.2, 0.25) is 5.02 Å². The van der Waals surface area contributed by atoms with Crippen LogP contribution >= 0.6 is 11.6 Å². The number of pyridine rings is 1. The summed E-state index contributed by atoms with van der Waals surface area (Å²) in [5, 5.41) is 27.9. The number of amides is 2. The number of nitrogens with one attached hydrogen (secondary N) is 2. The highest BCUT2D eigenvalue weighted by molar-refractivity contribution is 6.31. The molecular weight excluding hydrogens is 718 g/mol. The molecule has 13 nitrogen and oxygen atoms in total. The number of urea groups is 1. The van der Waals surface area contributed by atoms with Crippen LogP contribution in [-0.2, 0) is 16.6 Å². The smallest absolute Gasteiger partial charge is 0.320 e. The fraction of sp³-hybridized carbons (Fsp3) is 0.439. The van der Waals surface area contributed by atoms with Gasteiger partial charge in [-0.3, -0.25) is 14.5 Å². The first-order valence-electron chi connectivity index (χ1n) is 18.9. The second-order valence-corrected chi connectivity index (χ2v) is 16.0. The molecule has 7 rings (SSSR count). The van der Waals surface area contributed by atoms with Gasteiger partial charge in [-0.25, -0.2) is 9.48 Å². The number of hydrogen-bond acceptors (Lipinski definition) is 8. The second-order valence-electron chi connectivity index (χ2n) is 15.6. The number of ether oxygens (including phenoxy) is 1. The zero-order chi connectivity index (χ0) is 39.3. The van der Waals surface area contributed by atoms with E-state index < -0.39 is 0 Å². The molecule has 1 aliphatic heterocycles. The molecule has 55 heavy (non-hydrogen) atoms. The molecule has 2 aliphatic rings. The van der Waals surface area contributed by atoms with E-state index in [4.69, 9.17) is 31.3 Å². The number of nitrogens with zero attached hydrogens (tertiary/aromatic N) is 7. The number of fused-ring (bicyclic) bond motifs is 2. The lowest BCUT2D eigenvalue weighted by Crippen LogP contribution is -2.38. The Morgan fingerprint density at radius 1 is 1.04 bits per heavy atom. The molecule has 0 radical (unpaired) electrons. The van der Waals surface area contributed by atoms with Gasteiger partial charge >= 0.3 is 6.03 Å². The zero-order valence-corrected chi connectivity index (χ0v) is 33.3. The summed E-state index contributed by atoms with van der Waals surface area (Å²) >= 11 is 6.59. The maximum atomic E-state index is 13.7. The van der Waals surface area contributed by atoms with E-state index in [9.17, 15) is 4.79 Å². The number of likely N-dealkylation sites (N-methyl/N-ethyl adjacent to an activating group) is 1. The van der Waals surface area contributed by atoms with Crippen molar-refractivity contribution in [1.29, 1.82) is 0 Å². The molecule has 0 saturated carbocycles. The van der Waals surface area contributed by atoms with Crippen molar-refractivity contribution in [2.45, 2.75) is 89.8 Å². The van der Waals surface area contributed by atoms with Gasteiger partial charge in [-0.05, 0) is 107 Å². The second kappa shape index (κ2) is 17.1. The normalized spacial score (nSPS) is 18.3. The maximum absolute atomic E-state index is 13.7. The number of carbonyl (C=O) groups excluding carboxylic acids is 1. The number of hydrogen-bond donors (Lipinski definition) is 3. The van der Waals surface area contributed by atoms with Crippen molar-refractivity contribution in [2.75, 3.05) is 37.4 Å². The maximum Gasteiger partial charge on any atom is 0.320 e. The van der Waals surface area contributed by atoms with Crippen LogP contribution in [0.4, 0.5) is 16.6 Å². The van der Waals surface area contributed by atoms with Crippen LogP contribution < -0.4 is 20.3 Å². The van der Waals surface area contributed by atoms with E-state index in [1.54, 1.807) is 4.68 Å². The molecule has 1 aliphatic carbocycles. The summed E-state index contributed by atoms with van der Waals surface area (Å²) in [6, 6.07) is 20.0. The Balaban J connectivity index is 0.00000166. The molecule has 292 valence electrons. The van der Waals surface area contributed by atoms with E-state index in [0.717, 1.165) is 95.6 Å². The summed E-state index contributed by atoms with van der Waals surface area (Å²) in [4.78, 5) is 26.6. The summed E-state index contributed by atoms with van der Waals surface area (Å²) in [6.45, 7) is 10.2. The molecule has 0 bridgehead atoms. The van der Waals surface area contributed by atoms with Crippen molar-refractivity contribution in [1.82, 2.24) is 34.6 Å². The molecule has 14 heteroatoms. The van der Waals surface area contributed by atoms with E-state index in [1.807, 2.05) is 67.2 Å². The van der Waals surface area contributed by atoms with E-state index in [1.165, 1.54) is 6.42 Å². The van der Waals surface area contributed by atoms with Crippen LogP contribution in [0.5, 0.6) is 5.75 Å². The Morgan fingerprint density at radius 2 is 1.80 bits per heavy atom. The van der Waals surface area contributed by atoms with Crippen LogP contribution in [0.15, 0.2) is 66.9 Å². The largest absolute Gasteiger partial charge is 0.484 e. The Hall–Kier alpha value is -5.14. The van der Waals surface area contributed by atoms with Crippen molar-refractivity contribution in [2.24, 2.45) is 0 Å². The minimum atomic E-state index is -0.292. The quantitative estimate of drug-likeness (QED) is 0.128. The molecule has 4 heterocycles.